The van der Waals surface area contributed by atoms with Gasteiger partial charge in [-0.15, -0.1) is 0 Å². The van der Waals surface area contributed by atoms with Gasteiger partial charge in [0.15, 0.2) is 11.5 Å². The molecule has 2 N–H and O–H groups in total. The van der Waals surface area contributed by atoms with Gasteiger partial charge in [-0.1, -0.05) is 18.7 Å². The topological polar surface area (TPSA) is 112 Å². The fourth-order valence-electron chi connectivity index (χ4n) is 3.63. The van der Waals surface area contributed by atoms with Crippen molar-refractivity contribution in [1.82, 2.24) is 19.6 Å². The summed E-state index contributed by atoms with van der Waals surface area (Å²) in [4.78, 5) is 22.3. The number of ether oxygens (including phenoxy) is 3. The molecule has 0 aliphatic rings. The van der Waals surface area contributed by atoms with E-state index in [0.29, 0.717) is 34.4 Å². The molecule has 182 valence electrons. The maximum absolute atomic E-state index is 12.6. The van der Waals surface area contributed by atoms with E-state index in [2.05, 4.69) is 32.6 Å². The number of methoxy groups -OCH3 is 3. The van der Waals surface area contributed by atoms with Gasteiger partial charge in [-0.25, -0.2) is 9.78 Å². The molecule has 0 saturated heterocycles. The second-order valence-corrected chi connectivity index (χ2v) is 8.49. The second kappa shape index (κ2) is 10.5. The Morgan fingerprint density at radius 3 is 2.26 bits per heavy atom. The zero-order valence-corrected chi connectivity index (χ0v) is 20.9. The minimum Gasteiger partial charge on any atom is -0.493 e. The van der Waals surface area contributed by atoms with Crippen LogP contribution in [0, 0.1) is 6.92 Å². The molecule has 0 fully saturated rings. The number of rotatable bonds is 8. The number of hydrogen-bond donors (Lipinski definition) is 2. The lowest BCUT2D eigenvalue weighted by Crippen LogP contribution is -2.19. The average Bonchev–Trinajstić information content (AvgIpc) is 3.32. The van der Waals surface area contributed by atoms with Crippen LogP contribution in [-0.4, -0.2) is 46.9 Å². The first-order chi connectivity index (χ1) is 17.0. The van der Waals surface area contributed by atoms with E-state index in [1.54, 1.807) is 28.4 Å². The van der Waals surface area contributed by atoms with Crippen LogP contribution in [0.25, 0.3) is 5.78 Å². The molecule has 2 amide bonds. The molecule has 10 nitrogen and oxygen atoms in total. The Kier molecular flexibility index (Phi) is 7.25. The van der Waals surface area contributed by atoms with Gasteiger partial charge in [0.25, 0.3) is 5.78 Å². The SMILES string of the molecule is CCc1c(C)nc2ncnn2c1Sc1ccc(NC(=O)Nc2cc(OC)c(OC)c(OC)c2)cc1. The molecule has 2 aromatic carbocycles. The number of nitrogens with zero attached hydrogens (tertiary/aromatic N) is 4. The van der Waals surface area contributed by atoms with Crippen molar-refractivity contribution in [2.24, 2.45) is 0 Å². The zero-order valence-electron chi connectivity index (χ0n) is 20.1. The highest BCUT2D eigenvalue weighted by Gasteiger charge is 2.16. The Bertz CT molecular complexity index is 1330. The van der Waals surface area contributed by atoms with Gasteiger partial charge in [0, 0.05) is 34.0 Å². The van der Waals surface area contributed by atoms with Crippen LogP contribution in [0.2, 0.25) is 0 Å². The fraction of sp³-hybridized carbons (Fsp3) is 0.250. The van der Waals surface area contributed by atoms with Gasteiger partial charge in [-0.05, 0) is 37.6 Å². The minimum absolute atomic E-state index is 0.401. The molecule has 4 rings (SSSR count). The number of fused-ring (bicyclic) bond motifs is 1. The maximum atomic E-state index is 12.6. The second-order valence-electron chi connectivity index (χ2n) is 7.43. The Morgan fingerprint density at radius 1 is 1.00 bits per heavy atom. The van der Waals surface area contributed by atoms with Crippen molar-refractivity contribution in [3.8, 4) is 17.2 Å². The molecule has 2 aromatic heterocycles. The summed E-state index contributed by atoms with van der Waals surface area (Å²) in [6, 6.07) is 10.5. The van der Waals surface area contributed by atoms with Crippen LogP contribution in [0.4, 0.5) is 16.2 Å². The first-order valence-corrected chi connectivity index (χ1v) is 11.6. The minimum atomic E-state index is -0.401. The maximum Gasteiger partial charge on any atom is 0.323 e. The smallest absolute Gasteiger partial charge is 0.323 e. The summed E-state index contributed by atoms with van der Waals surface area (Å²) < 4.78 is 17.7. The van der Waals surface area contributed by atoms with Gasteiger partial charge >= 0.3 is 6.03 Å². The van der Waals surface area contributed by atoms with Crippen molar-refractivity contribution in [1.29, 1.82) is 0 Å². The van der Waals surface area contributed by atoms with E-state index in [0.717, 1.165) is 27.6 Å². The molecule has 0 saturated carbocycles. The standard InChI is InChI=1S/C24H26N6O4S/c1-6-18-14(2)27-23-25-13-26-30(23)22(18)35-17-9-7-15(8-10-17)28-24(31)29-16-11-19(32-3)21(34-5)20(12-16)33-4/h7-13H,6H2,1-5H3,(H2,28,29,31). The van der Waals surface area contributed by atoms with Crippen LogP contribution in [0.1, 0.15) is 18.2 Å². The van der Waals surface area contributed by atoms with Gasteiger partial charge in [0.2, 0.25) is 5.75 Å². The van der Waals surface area contributed by atoms with Crippen LogP contribution in [0.5, 0.6) is 17.2 Å². The summed E-state index contributed by atoms with van der Waals surface area (Å²) in [5.74, 6) is 1.92. The Balaban J connectivity index is 1.48. The molecule has 0 unspecified atom stereocenters. The Morgan fingerprint density at radius 2 is 1.66 bits per heavy atom. The van der Waals surface area contributed by atoms with E-state index in [-0.39, 0.29) is 0 Å². The first kappa shape index (κ1) is 24.1. The van der Waals surface area contributed by atoms with Crippen LogP contribution in [0.15, 0.2) is 52.6 Å². The molecule has 0 spiro atoms. The Hall–Kier alpha value is -3.99. The fourth-order valence-corrected chi connectivity index (χ4v) is 4.76. The number of carbonyl (C=O) groups excluding carboxylic acids is 1. The zero-order chi connectivity index (χ0) is 24.9. The summed E-state index contributed by atoms with van der Waals surface area (Å²) >= 11 is 1.58. The molecule has 0 bridgehead atoms. The molecule has 35 heavy (non-hydrogen) atoms. The summed E-state index contributed by atoms with van der Waals surface area (Å²) in [6.45, 7) is 4.08. The van der Waals surface area contributed by atoms with Gasteiger partial charge in [-0.2, -0.15) is 14.6 Å². The number of aromatic nitrogens is 4. The van der Waals surface area contributed by atoms with Crippen LogP contribution >= 0.6 is 11.8 Å². The summed E-state index contributed by atoms with van der Waals surface area (Å²) in [6.07, 6.45) is 2.34. The number of anilines is 2. The number of aryl methyl sites for hydroxylation is 1. The number of urea groups is 1. The number of amides is 2. The highest BCUT2D eigenvalue weighted by molar-refractivity contribution is 7.99. The molecule has 0 aliphatic heterocycles. The number of benzene rings is 2. The third-order valence-corrected chi connectivity index (χ3v) is 6.41. The summed E-state index contributed by atoms with van der Waals surface area (Å²) in [5, 5.41) is 10.9. The number of nitrogens with one attached hydrogen (secondary N) is 2. The van der Waals surface area contributed by atoms with Gasteiger partial charge in [-0.3, -0.25) is 0 Å². The van der Waals surface area contributed by atoms with Crippen LogP contribution in [0.3, 0.4) is 0 Å². The highest BCUT2D eigenvalue weighted by Crippen LogP contribution is 2.40. The van der Waals surface area contributed by atoms with Crippen molar-refractivity contribution in [3.05, 3.63) is 54.0 Å². The molecule has 2 heterocycles. The van der Waals surface area contributed by atoms with Crippen molar-refractivity contribution < 1.29 is 19.0 Å². The Labute approximate surface area is 207 Å². The van der Waals surface area contributed by atoms with E-state index >= 15 is 0 Å². The molecular weight excluding hydrogens is 468 g/mol. The quantitative estimate of drug-likeness (QED) is 0.336. The highest BCUT2D eigenvalue weighted by atomic mass is 32.2. The van der Waals surface area contributed by atoms with Gasteiger partial charge in [0.05, 0.1) is 27.0 Å². The lowest BCUT2D eigenvalue weighted by Gasteiger charge is -2.15. The van der Waals surface area contributed by atoms with Crippen LogP contribution < -0.4 is 24.8 Å². The predicted octanol–water partition coefficient (Wildman–Crippen LogP) is 4.82. The molecule has 0 radical (unpaired) electrons. The molecular formula is C24H26N6O4S. The molecule has 0 aliphatic carbocycles. The third kappa shape index (κ3) is 5.09. The average molecular weight is 495 g/mol. The predicted molar refractivity (Wildman–Crippen MR) is 134 cm³/mol. The third-order valence-electron chi connectivity index (χ3n) is 5.29. The van der Waals surface area contributed by atoms with E-state index < -0.39 is 6.03 Å². The van der Waals surface area contributed by atoms with Gasteiger partial charge in [0.1, 0.15) is 11.4 Å². The summed E-state index contributed by atoms with van der Waals surface area (Å²) in [7, 11) is 4.56. The van der Waals surface area contributed by atoms with Gasteiger partial charge < -0.3 is 24.8 Å². The monoisotopic (exact) mass is 494 g/mol. The molecule has 4 aromatic rings. The largest absolute Gasteiger partial charge is 0.493 e. The first-order valence-electron chi connectivity index (χ1n) is 10.8. The van der Waals surface area contributed by atoms with Crippen molar-refractivity contribution >= 4 is 34.9 Å². The van der Waals surface area contributed by atoms with E-state index in [4.69, 9.17) is 14.2 Å². The van der Waals surface area contributed by atoms with E-state index in [1.165, 1.54) is 27.7 Å². The lowest BCUT2D eigenvalue weighted by molar-refractivity contribution is 0.262. The van der Waals surface area contributed by atoms with Crippen LogP contribution in [-0.2, 0) is 6.42 Å². The summed E-state index contributed by atoms with van der Waals surface area (Å²) in [5.41, 5.74) is 3.21. The normalized spacial score (nSPS) is 10.8. The number of carbonyl (C=O) groups is 1. The molecule has 11 heteroatoms. The van der Waals surface area contributed by atoms with Crippen molar-refractivity contribution in [2.75, 3.05) is 32.0 Å². The molecule has 0 atom stereocenters. The van der Waals surface area contributed by atoms with E-state index in [9.17, 15) is 4.79 Å². The van der Waals surface area contributed by atoms with Crippen molar-refractivity contribution in [2.45, 2.75) is 30.2 Å². The number of hydrogen-bond acceptors (Lipinski definition) is 8. The lowest BCUT2D eigenvalue weighted by atomic mass is 10.2. The van der Waals surface area contributed by atoms with Crippen molar-refractivity contribution in [3.63, 3.8) is 0 Å². The van der Waals surface area contributed by atoms with E-state index in [1.807, 2.05) is 31.2 Å².